The fraction of sp³-hybridized carbons (Fsp3) is 0.591. The van der Waals surface area contributed by atoms with Crippen LogP contribution in [0.25, 0.3) is 0 Å². The van der Waals surface area contributed by atoms with E-state index in [1.807, 2.05) is 30.3 Å². The number of fused-ring (bicyclic) bond motifs is 2. The maximum absolute atomic E-state index is 12.7. The van der Waals surface area contributed by atoms with Crippen LogP contribution in [0.3, 0.4) is 0 Å². The summed E-state index contributed by atoms with van der Waals surface area (Å²) in [6.07, 6.45) is 1.95. The van der Waals surface area contributed by atoms with Crippen LogP contribution in [0, 0.1) is 5.92 Å². The van der Waals surface area contributed by atoms with Gasteiger partial charge in [0.25, 0.3) is 0 Å². The molecular weight excluding hydrogens is 436 g/mol. The Morgan fingerprint density at radius 3 is 2.47 bits per heavy atom. The van der Waals surface area contributed by atoms with Gasteiger partial charge in [-0.3, -0.25) is 9.59 Å². The highest BCUT2D eigenvalue weighted by atomic mass is 35.5. The molecule has 32 heavy (non-hydrogen) atoms. The number of aliphatic hydroxyl groups is 1. The Labute approximate surface area is 194 Å². The molecule has 1 saturated heterocycles. The monoisotopic (exact) mass is 468 g/mol. The molecule has 1 aliphatic carbocycles. The minimum atomic E-state index is -1.48. The Morgan fingerprint density at radius 2 is 1.91 bits per heavy atom. The summed E-state index contributed by atoms with van der Waals surface area (Å²) in [5.74, 6) is -0.810. The van der Waals surface area contributed by atoms with Gasteiger partial charge in [0.1, 0.15) is 0 Å². The predicted molar refractivity (Wildman–Crippen MR) is 121 cm³/mol. The van der Waals surface area contributed by atoms with Gasteiger partial charge in [0.05, 0.1) is 12.1 Å². The van der Waals surface area contributed by atoms with Crippen LogP contribution in [-0.4, -0.2) is 63.8 Å². The molecule has 5 atom stereocenters. The van der Waals surface area contributed by atoms with Crippen molar-refractivity contribution in [1.82, 2.24) is 15.5 Å². The van der Waals surface area contributed by atoms with Gasteiger partial charge in [-0.1, -0.05) is 30.3 Å². The molecule has 10 heteroatoms. The molecule has 1 aromatic rings. The lowest BCUT2D eigenvalue weighted by atomic mass is 9.97. The predicted octanol–water partition coefficient (Wildman–Crippen LogP) is 1.23. The van der Waals surface area contributed by atoms with E-state index < -0.39 is 24.1 Å². The summed E-state index contributed by atoms with van der Waals surface area (Å²) >= 11 is 0. The average Bonchev–Trinajstić information content (AvgIpc) is 3.38. The summed E-state index contributed by atoms with van der Waals surface area (Å²) in [4.78, 5) is 37.1. The number of benzene rings is 1. The van der Waals surface area contributed by atoms with Crippen LogP contribution in [0.4, 0.5) is 4.79 Å². The normalized spacial score (nSPS) is 23.1. The lowest BCUT2D eigenvalue weighted by Gasteiger charge is -2.27. The lowest BCUT2D eigenvalue weighted by molar-refractivity contribution is -0.130. The van der Waals surface area contributed by atoms with Gasteiger partial charge < -0.3 is 31.5 Å². The van der Waals surface area contributed by atoms with Crippen molar-refractivity contribution in [3.8, 4) is 0 Å². The minimum Gasteiger partial charge on any atom is -0.465 e. The number of carbonyl (C=O) groups is 3. The first kappa shape index (κ1) is 25.9. The first-order chi connectivity index (χ1) is 14.8. The summed E-state index contributed by atoms with van der Waals surface area (Å²) < 4.78 is 0. The molecule has 178 valence electrons. The third-order valence-corrected chi connectivity index (χ3v) is 6.32. The number of nitrogens with two attached hydrogens (primary N) is 1. The van der Waals surface area contributed by atoms with E-state index in [0.717, 1.165) is 24.8 Å². The maximum atomic E-state index is 12.7. The summed E-state index contributed by atoms with van der Waals surface area (Å²) in [5, 5.41) is 25.7. The summed E-state index contributed by atoms with van der Waals surface area (Å²) in [6.45, 7) is 0.599. The lowest BCUT2D eigenvalue weighted by Crippen LogP contribution is -2.55. The van der Waals surface area contributed by atoms with Crippen LogP contribution in [0.5, 0.6) is 0 Å². The number of unbranched alkanes of at least 4 members (excludes halogenated alkanes) is 1. The second-order valence-corrected chi connectivity index (χ2v) is 8.56. The van der Waals surface area contributed by atoms with E-state index in [-0.39, 0.29) is 30.9 Å². The molecule has 3 rings (SSSR count). The molecule has 0 aromatic heterocycles. The molecular formula is C22H33ClN4O5. The van der Waals surface area contributed by atoms with Gasteiger partial charge >= 0.3 is 6.09 Å². The van der Waals surface area contributed by atoms with Crippen molar-refractivity contribution in [2.75, 3.05) is 6.54 Å². The average molecular weight is 469 g/mol. The molecule has 0 spiro atoms. The number of carbonyl (C=O) groups excluding carboxylic acids is 2. The van der Waals surface area contributed by atoms with E-state index in [4.69, 9.17) is 5.73 Å². The van der Waals surface area contributed by atoms with Crippen LogP contribution >= 0.6 is 12.4 Å². The molecule has 9 nitrogen and oxygen atoms in total. The molecule has 2 fully saturated rings. The number of nitrogens with one attached hydrogen (secondary N) is 2. The molecule has 1 saturated carbocycles. The third kappa shape index (κ3) is 6.82. The summed E-state index contributed by atoms with van der Waals surface area (Å²) in [7, 11) is 0. The first-order valence-electron chi connectivity index (χ1n) is 10.9. The molecule has 2 bridgehead atoms. The van der Waals surface area contributed by atoms with E-state index >= 15 is 0 Å². The fourth-order valence-electron chi connectivity index (χ4n) is 4.64. The molecule has 1 aliphatic heterocycles. The van der Waals surface area contributed by atoms with Gasteiger partial charge in [0.15, 0.2) is 6.10 Å². The zero-order chi connectivity index (χ0) is 22.4. The number of amides is 3. The quantitative estimate of drug-likeness (QED) is 0.309. The van der Waals surface area contributed by atoms with Gasteiger partial charge in [-0.05, 0) is 50.0 Å². The van der Waals surface area contributed by atoms with Gasteiger partial charge in [-0.25, -0.2) is 4.79 Å². The molecule has 6 N–H and O–H groups in total. The van der Waals surface area contributed by atoms with Crippen molar-refractivity contribution in [2.45, 2.75) is 69.3 Å². The molecule has 1 aromatic carbocycles. The van der Waals surface area contributed by atoms with Crippen molar-refractivity contribution >= 4 is 30.3 Å². The van der Waals surface area contributed by atoms with Crippen LogP contribution in [0.1, 0.15) is 44.1 Å². The highest BCUT2D eigenvalue weighted by molar-refractivity contribution is 5.85. The van der Waals surface area contributed by atoms with E-state index in [1.54, 1.807) is 0 Å². The van der Waals surface area contributed by atoms with Crippen molar-refractivity contribution in [3.63, 3.8) is 0 Å². The fourth-order valence-corrected chi connectivity index (χ4v) is 4.64. The summed E-state index contributed by atoms with van der Waals surface area (Å²) in [5.41, 5.74) is 6.16. The van der Waals surface area contributed by atoms with Crippen LogP contribution < -0.4 is 16.4 Å². The first-order valence-corrected chi connectivity index (χ1v) is 10.9. The zero-order valence-electron chi connectivity index (χ0n) is 18.0. The second-order valence-electron chi connectivity index (χ2n) is 8.56. The second kappa shape index (κ2) is 12.0. The van der Waals surface area contributed by atoms with E-state index in [0.29, 0.717) is 37.8 Å². The smallest absolute Gasteiger partial charge is 0.407 e. The number of carboxylic acid groups (broad SMARTS) is 1. The maximum Gasteiger partial charge on any atom is 0.407 e. The Morgan fingerprint density at radius 1 is 1.19 bits per heavy atom. The van der Waals surface area contributed by atoms with E-state index in [9.17, 15) is 24.6 Å². The Balaban J connectivity index is 0.00000363. The zero-order valence-corrected chi connectivity index (χ0v) is 18.8. The third-order valence-electron chi connectivity index (χ3n) is 6.32. The Kier molecular flexibility index (Phi) is 9.74. The van der Waals surface area contributed by atoms with Gasteiger partial charge in [0, 0.05) is 19.1 Å². The van der Waals surface area contributed by atoms with E-state index in [1.165, 1.54) is 4.90 Å². The van der Waals surface area contributed by atoms with Crippen LogP contribution in [0.15, 0.2) is 30.3 Å². The number of piperidine rings is 1. The van der Waals surface area contributed by atoms with Crippen molar-refractivity contribution < 1.29 is 24.6 Å². The molecule has 1 heterocycles. The topological polar surface area (TPSA) is 145 Å². The number of hydrogen-bond acceptors (Lipinski definition) is 5. The highest BCUT2D eigenvalue weighted by Crippen LogP contribution is 2.35. The number of rotatable bonds is 11. The molecule has 3 amide bonds. The number of primary amides is 1. The largest absolute Gasteiger partial charge is 0.465 e. The number of nitrogens with zero attached hydrogens (tertiary/aromatic N) is 1. The van der Waals surface area contributed by atoms with Crippen molar-refractivity contribution in [2.24, 2.45) is 11.7 Å². The van der Waals surface area contributed by atoms with E-state index in [2.05, 4.69) is 10.6 Å². The molecule has 2 aliphatic rings. The van der Waals surface area contributed by atoms with Crippen molar-refractivity contribution in [1.29, 1.82) is 0 Å². The highest BCUT2D eigenvalue weighted by Gasteiger charge is 2.43. The SMILES string of the molecule is Cl.NC(=O)C(O)C(CCCCN(Cc1ccccc1)C(=O)O)NC(=O)[C@H]1NC2CCC1C2. The van der Waals surface area contributed by atoms with Gasteiger partial charge in [-0.2, -0.15) is 0 Å². The summed E-state index contributed by atoms with van der Waals surface area (Å²) in [6, 6.07) is 8.61. The number of aliphatic hydroxyl groups excluding tert-OH is 1. The van der Waals surface area contributed by atoms with Crippen LogP contribution in [-0.2, 0) is 16.1 Å². The molecule has 4 unspecified atom stereocenters. The molecule has 0 radical (unpaired) electrons. The van der Waals surface area contributed by atoms with Crippen molar-refractivity contribution in [3.05, 3.63) is 35.9 Å². The standard InChI is InChI=1S/C22H32N4O5.ClH/c23-20(28)19(27)17(25-21(29)18-15-9-10-16(12-15)24-18)8-4-5-11-26(22(30)31)13-14-6-2-1-3-7-14;/h1-3,6-7,15-19,24,27H,4-5,8-13H2,(H2,23,28)(H,25,29)(H,30,31);1H/t15?,16?,17?,18-,19?;/m0./s1. The Bertz CT molecular complexity index is 781. The Hall–Kier alpha value is -2.36. The van der Waals surface area contributed by atoms with Crippen LogP contribution in [0.2, 0.25) is 0 Å². The van der Waals surface area contributed by atoms with Gasteiger partial charge in [0.2, 0.25) is 11.8 Å². The number of hydrogen-bond donors (Lipinski definition) is 5. The van der Waals surface area contributed by atoms with Gasteiger partial charge in [-0.15, -0.1) is 12.4 Å². The minimum absolute atomic E-state index is 0. The number of halogens is 1.